The summed E-state index contributed by atoms with van der Waals surface area (Å²) in [6.45, 7) is 3.46. The largest absolute Gasteiger partial charge is 0.480 e. The molecular weight excluding hydrogens is 300 g/mol. The molecule has 0 spiro atoms. The molecule has 0 radical (unpaired) electrons. The van der Waals surface area contributed by atoms with Crippen LogP contribution in [-0.4, -0.2) is 27.5 Å². The van der Waals surface area contributed by atoms with Gasteiger partial charge in [-0.05, 0) is 40.9 Å². The number of aromatic nitrogens is 1. The number of carbonyl (C=O) groups is 2. The third kappa shape index (κ3) is 3.07. The first-order chi connectivity index (χ1) is 8.45. The number of amides is 1. The Kier molecular flexibility index (Phi) is 4.84. The van der Waals surface area contributed by atoms with Crippen molar-refractivity contribution in [2.75, 3.05) is 0 Å². The minimum atomic E-state index is -1.23. The highest BCUT2D eigenvalue weighted by Crippen LogP contribution is 2.16. The number of carboxylic acid groups (broad SMARTS) is 1. The van der Waals surface area contributed by atoms with E-state index < -0.39 is 17.4 Å². The van der Waals surface area contributed by atoms with E-state index in [9.17, 15) is 14.7 Å². The van der Waals surface area contributed by atoms with Crippen LogP contribution in [-0.2, 0) is 4.79 Å². The van der Waals surface area contributed by atoms with Gasteiger partial charge in [0.2, 0.25) is 0 Å². The molecule has 0 bridgehead atoms. The number of hydrogen-bond acceptors (Lipinski definition) is 3. The van der Waals surface area contributed by atoms with Crippen LogP contribution in [0.15, 0.2) is 22.8 Å². The van der Waals surface area contributed by atoms with Gasteiger partial charge < -0.3 is 10.4 Å². The first-order valence-corrected chi connectivity index (χ1v) is 6.42. The maximum atomic E-state index is 11.9. The highest BCUT2D eigenvalue weighted by molar-refractivity contribution is 9.10. The quantitative estimate of drug-likeness (QED) is 0.873. The van der Waals surface area contributed by atoms with Crippen molar-refractivity contribution in [2.45, 2.75) is 32.2 Å². The van der Waals surface area contributed by atoms with Crippen LogP contribution in [0.25, 0.3) is 0 Å². The van der Waals surface area contributed by atoms with Gasteiger partial charge in [0, 0.05) is 10.7 Å². The van der Waals surface area contributed by atoms with Crippen molar-refractivity contribution < 1.29 is 14.7 Å². The minimum absolute atomic E-state index is 0.200. The zero-order valence-corrected chi connectivity index (χ0v) is 11.8. The Morgan fingerprint density at radius 1 is 1.39 bits per heavy atom. The molecule has 0 aliphatic carbocycles. The van der Waals surface area contributed by atoms with Crippen LogP contribution < -0.4 is 5.32 Å². The van der Waals surface area contributed by atoms with E-state index in [2.05, 4.69) is 26.2 Å². The van der Waals surface area contributed by atoms with Gasteiger partial charge in [0.15, 0.2) is 0 Å². The van der Waals surface area contributed by atoms with Crippen LogP contribution in [0.1, 0.15) is 37.2 Å². The number of carbonyl (C=O) groups excluding carboxylic acids is 1. The molecule has 98 valence electrons. The SMILES string of the molecule is CCC(CC)(NC(=O)c1ccc(Br)cn1)C(=O)O. The van der Waals surface area contributed by atoms with Gasteiger partial charge in [0.25, 0.3) is 5.91 Å². The van der Waals surface area contributed by atoms with Gasteiger partial charge in [0.1, 0.15) is 11.2 Å². The van der Waals surface area contributed by atoms with Crippen molar-refractivity contribution in [3.05, 3.63) is 28.5 Å². The molecule has 1 rings (SSSR count). The number of pyridine rings is 1. The Labute approximate surface area is 114 Å². The number of aliphatic carboxylic acids is 1. The van der Waals surface area contributed by atoms with Crippen molar-refractivity contribution >= 4 is 27.8 Å². The molecule has 2 N–H and O–H groups in total. The maximum absolute atomic E-state index is 11.9. The minimum Gasteiger partial charge on any atom is -0.480 e. The van der Waals surface area contributed by atoms with Crippen LogP contribution in [0.2, 0.25) is 0 Å². The van der Waals surface area contributed by atoms with E-state index in [1.807, 2.05) is 0 Å². The molecule has 1 heterocycles. The predicted octanol–water partition coefficient (Wildman–Crippen LogP) is 2.22. The number of halogens is 1. The molecule has 6 heteroatoms. The Bertz CT molecular complexity index is 441. The molecule has 0 unspecified atom stereocenters. The van der Waals surface area contributed by atoms with Crippen LogP contribution in [0.3, 0.4) is 0 Å². The lowest BCUT2D eigenvalue weighted by Crippen LogP contribution is -2.53. The van der Waals surface area contributed by atoms with Crippen molar-refractivity contribution in [3.63, 3.8) is 0 Å². The zero-order chi connectivity index (χ0) is 13.8. The summed E-state index contributed by atoms with van der Waals surface area (Å²) < 4.78 is 0.759. The smallest absolute Gasteiger partial charge is 0.329 e. The van der Waals surface area contributed by atoms with Gasteiger partial charge in [-0.1, -0.05) is 13.8 Å². The fourth-order valence-corrected chi connectivity index (χ4v) is 1.81. The first kappa shape index (κ1) is 14.6. The average molecular weight is 315 g/mol. The summed E-state index contributed by atoms with van der Waals surface area (Å²) >= 11 is 3.22. The van der Waals surface area contributed by atoms with E-state index in [0.29, 0.717) is 12.8 Å². The van der Waals surface area contributed by atoms with Crippen molar-refractivity contribution in [3.8, 4) is 0 Å². The van der Waals surface area contributed by atoms with Crippen LogP contribution in [0, 0.1) is 0 Å². The monoisotopic (exact) mass is 314 g/mol. The summed E-state index contributed by atoms with van der Waals surface area (Å²) in [5, 5.41) is 11.8. The van der Waals surface area contributed by atoms with E-state index >= 15 is 0 Å². The van der Waals surface area contributed by atoms with Gasteiger partial charge in [-0.2, -0.15) is 0 Å². The van der Waals surface area contributed by atoms with Gasteiger partial charge in [-0.25, -0.2) is 9.78 Å². The number of nitrogens with zero attached hydrogens (tertiary/aromatic N) is 1. The summed E-state index contributed by atoms with van der Waals surface area (Å²) in [7, 11) is 0. The van der Waals surface area contributed by atoms with E-state index in [1.54, 1.807) is 19.9 Å². The predicted molar refractivity (Wildman–Crippen MR) is 70.4 cm³/mol. The molecule has 0 saturated heterocycles. The molecule has 0 fully saturated rings. The highest BCUT2D eigenvalue weighted by atomic mass is 79.9. The molecule has 0 atom stereocenters. The molecule has 0 saturated carbocycles. The zero-order valence-electron chi connectivity index (χ0n) is 10.2. The molecule has 1 aromatic rings. The maximum Gasteiger partial charge on any atom is 0.329 e. The first-order valence-electron chi connectivity index (χ1n) is 5.62. The van der Waals surface area contributed by atoms with E-state index in [0.717, 1.165) is 4.47 Å². The van der Waals surface area contributed by atoms with Gasteiger partial charge in [-0.15, -0.1) is 0 Å². The van der Waals surface area contributed by atoms with Crippen molar-refractivity contribution in [1.29, 1.82) is 0 Å². The number of nitrogens with one attached hydrogen (secondary N) is 1. The van der Waals surface area contributed by atoms with Gasteiger partial charge >= 0.3 is 5.97 Å². The Morgan fingerprint density at radius 3 is 2.39 bits per heavy atom. The summed E-state index contributed by atoms with van der Waals surface area (Å²) in [6.07, 6.45) is 2.14. The van der Waals surface area contributed by atoms with E-state index in [1.165, 1.54) is 12.3 Å². The van der Waals surface area contributed by atoms with Crippen molar-refractivity contribution in [2.24, 2.45) is 0 Å². The molecule has 5 nitrogen and oxygen atoms in total. The fourth-order valence-electron chi connectivity index (χ4n) is 1.57. The second-order valence-electron chi connectivity index (χ2n) is 3.91. The molecular formula is C12H15BrN2O3. The topological polar surface area (TPSA) is 79.3 Å². The molecule has 18 heavy (non-hydrogen) atoms. The average Bonchev–Trinajstić information content (AvgIpc) is 2.36. The second-order valence-corrected chi connectivity index (χ2v) is 4.83. The molecule has 0 aliphatic rings. The van der Waals surface area contributed by atoms with Crippen molar-refractivity contribution in [1.82, 2.24) is 10.3 Å². The van der Waals surface area contributed by atoms with Gasteiger partial charge in [-0.3, -0.25) is 4.79 Å². The molecule has 1 amide bonds. The molecule has 0 aromatic carbocycles. The van der Waals surface area contributed by atoms with Crippen LogP contribution in [0.4, 0.5) is 0 Å². The fraction of sp³-hybridized carbons (Fsp3) is 0.417. The van der Waals surface area contributed by atoms with Gasteiger partial charge in [0.05, 0.1) is 0 Å². The third-order valence-corrected chi connectivity index (χ3v) is 3.40. The Balaban J connectivity index is 2.91. The standard InChI is InChI=1S/C12H15BrN2O3/c1-3-12(4-2,11(17)18)15-10(16)9-6-5-8(13)7-14-9/h5-7H,3-4H2,1-2H3,(H,15,16)(H,17,18). The Morgan fingerprint density at radius 2 is 2.00 bits per heavy atom. The number of carboxylic acids is 1. The summed E-state index contributed by atoms with van der Waals surface area (Å²) in [5.74, 6) is -1.51. The number of rotatable bonds is 5. The normalized spacial score (nSPS) is 11.1. The molecule has 1 aromatic heterocycles. The van der Waals surface area contributed by atoms with Crippen LogP contribution >= 0.6 is 15.9 Å². The Hall–Kier alpha value is -1.43. The lowest BCUT2D eigenvalue weighted by Gasteiger charge is -2.27. The van der Waals surface area contributed by atoms with E-state index in [-0.39, 0.29) is 5.69 Å². The molecule has 0 aliphatic heterocycles. The summed E-state index contributed by atoms with van der Waals surface area (Å²) in [5.41, 5.74) is -1.03. The van der Waals surface area contributed by atoms with E-state index in [4.69, 9.17) is 0 Å². The highest BCUT2D eigenvalue weighted by Gasteiger charge is 2.36. The second kappa shape index (κ2) is 5.95. The lowest BCUT2D eigenvalue weighted by atomic mass is 9.93. The summed E-state index contributed by atoms with van der Waals surface area (Å²) in [4.78, 5) is 27.1. The lowest BCUT2D eigenvalue weighted by molar-refractivity contribution is -0.144. The van der Waals surface area contributed by atoms with Crippen LogP contribution in [0.5, 0.6) is 0 Å². The summed E-state index contributed by atoms with van der Waals surface area (Å²) in [6, 6.07) is 3.22. The third-order valence-electron chi connectivity index (χ3n) is 2.93. The number of hydrogen-bond donors (Lipinski definition) is 2.